The van der Waals surface area contributed by atoms with Crippen LogP contribution in [-0.2, 0) is 9.59 Å². The van der Waals surface area contributed by atoms with Crippen molar-refractivity contribution >= 4 is 17.9 Å². The molecule has 0 spiro atoms. The lowest BCUT2D eigenvalue weighted by Gasteiger charge is -2.39. The van der Waals surface area contributed by atoms with Gasteiger partial charge in [0.25, 0.3) is 0 Å². The summed E-state index contributed by atoms with van der Waals surface area (Å²) in [5, 5.41) is 14.4. The third-order valence-electron chi connectivity index (χ3n) is 3.82. The quantitative estimate of drug-likeness (QED) is 0.668. The van der Waals surface area contributed by atoms with Gasteiger partial charge in [-0.3, -0.25) is 9.59 Å². The first kappa shape index (κ1) is 18.2. The molecule has 0 saturated heterocycles. The first-order valence-corrected chi connectivity index (χ1v) is 6.43. The highest BCUT2D eigenvalue weighted by Crippen LogP contribution is 2.30. The maximum absolute atomic E-state index is 12.0. The molecular weight excluding hydrogens is 262 g/mol. The van der Waals surface area contributed by atoms with Gasteiger partial charge in [-0.05, 0) is 27.7 Å². The number of hydrogen-bond acceptors (Lipinski definition) is 3. The van der Waals surface area contributed by atoms with Gasteiger partial charge < -0.3 is 20.6 Å². The van der Waals surface area contributed by atoms with Gasteiger partial charge in [-0.2, -0.15) is 0 Å². The molecule has 0 radical (unpaired) electrons. The zero-order valence-corrected chi connectivity index (χ0v) is 13.0. The zero-order valence-electron chi connectivity index (χ0n) is 13.0. The number of nitrogens with one attached hydrogen (secondary N) is 2. The summed E-state index contributed by atoms with van der Waals surface area (Å²) in [7, 11) is 3.09. The Hall–Kier alpha value is -1.79. The molecule has 0 rings (SSSR count). The van der Waals surface area contributed by atoms with E-state index in [0.29, 0.717) is 0 Å². The highest BCUT2D eigenvalue weighted by atomic mass is 16.4. The van der Waals surface area contributed by atoms with Crippen molar-refractivity contribution in [1.29, 1.82) is 0 Å². The van der Waals surface area contributed by atoms with Gasteiger partial charge >= 0.3 is 12.0 Å². The summed E-state index contributed by atoms with van der Waals surface area (Å²) < 4.78 is 0. The summed E-state index contributed by atoms with van der Waals surface area (Å²) in [6.45, 7) is 6.69. The molecule has 0 heterocycles. The molecule has 0 aliphatic carbocycles. The molecule has 3 amide bonds. The van der Waals surface area contributed by atoms with Gasteiger partial charge in [0.1, 0.15) is 0 Å². The molecule has 0 atom stereocenters. The molecule has 0 aromatic carbocycles. The molecule has 0 aromatic heterocycles. The number of carboxylic acid groups (broad SMARTS) is 1. The fourth-order valence-electron chi connectivity index (χ4n) is 1.28. The Morgan fingerprint density at radius 1 is 1.15 bits per heavy atom. The van der Waals surface area contributed by atoms with Gasteiger partial charge in [0.05, 0.1) is 11.0 Å². The third-order valence-corrected chi connectivity index (χ3v) is 3.82. The zero-order chi connectivity index (χ0) is 16.1. The van der Waals surface area contributed by atoms with Crippen LogP contribution in [0.3, 0.4) is 0 Å². The van der Waals surface area contributed by atoms with E-state index in [0.717, 1.165) is 0 Å². The highest BCUT2D eigenvalue weighted by Gasteiger charge is 2.44. The van der Waals surface area contributed by atoms with E-state index in [1.165, 1.54) is 11.9 Å². The average Bonchev–Trinajstić information content (AvgIpc) is 2.34. The number of carboxylic acids is 1. The van der Waals surface area contributed by atoms with Crippen LogP contribution in [0.25, 0.3) is 0 Å². The van der Waals surface area contributed by atoms with Gasteiger partial charge in [0, 0.05) is 27.1 Å². The Balaban J connectivity index is 4.66. The normalized spacial score (nSPS) is 11.7. The molecule has 0 unspecified atom stereocenters. The Labute approximate surface area is 119 Å². The highest BCUT2D eigenvalue weighted by molar-refractivity contribution is 5.80. The second-order valence-corrected chi connectivity index (χ2v) is 5.83. The van der Waals surface area contributed by atoms with Gasteiger partial charge in [-0.15, -0.1) is 0 Å². The molecule has 7 nitrogen and oxygen atoms in total. The van der Waals surface area contributed by atoms with Crippen molar-refractivity contribution in [1.82, 2.24) is 15.5 Å². The van der Waals surface area contributed by atoms with Gasteiger partial charge in [0.15, 0.2) is 0 Å². The monoisotopic (exact) mass is 287 g/mol. The Morgan fingerprint density at radius 3 is 2.05 bits per heavy atom. The largest absolute Gasteiger partial charge is 0.481 e. The van der Waals surface area contributed by atoms with Gasteiger partial charge in [-0.1, -0.05) is 0 Å². The molecule has 0 aliphatic rings. The summed E-state index contributed by atoms with van der Waals surface area (Å²) in [5.41, 5.74) is -2.05. The average molecular weight is 287 g/mol. The summed E-state index contributed by atoms with van der Waals surface area (Å²) in [6.07, 6.45) is 0.198. The second kappa shape index (κ2) is 6.58. The summed E-state index contributed by atoms with van der Waals surface area (Å²) in [6, 6.07) is -0.409. The third kappa shape index (κ3) is 4.40. The first-order valence-electron chi connectivity index (χ1n) is 6.43. The van der Waals surface area contributed by atoms with Crippen molar-refractivity contribution in [2.75, 3.05) is 20.6 Å². The lowest BCUT2D eigenvalue weighted by Crippen LogP contribution is -2.59. The number of aliphatic carboxylic acids is 1. The molecule has 7 heteroatoms. The molecule has 0 bridgehead atoms. The van der Waals surface area contributed by atoms with Crippen LogP contribution in [0.1, 0.15) is 34.1 Å². The molecule has 116 valence electrons. The van der Waals surface area contributed by atoms with Crippen molar-refractivity contribution in [3.63, 3.8) is 0 Å². The number of amides is 3. The van der Waals surface area contributed by atoms with Crippen LogP contribution < -0.4 is 10.6 Å². The standard InChI is InChI=1S/C13H25N3O4/c1-12(2,10(18)19)13(3,4)15-11(20)16(6)8-7-9(17)14-5/h7-8H2,1-6H3,(H,14,17)(H,15,20)(H,18,19). The maximum Gasteiger partial charge on any atom is 0.317 e. The van der Waals surface area contributed by atoms with E-state index in [4.69, 9.17) is 0 Å². The lowest BCUT2D eigenvalue weighted by atomic mass is 9.74. The van der Waals surface area contributed by atoms with E-state index in [2.05, 4.69) is 10.6 Å². The Kier molecular flexibility index (Phi) is 5.99. The van der Waals surface area contributed by atoms with Crippen molar-refractivity contribution in [2.45, 2.75) is 39.7 Å². The van der Waals surface area contributed by atoms with Crippen LogP contribution >= 0.6 is 0 Å². The van der Waals surface area contributed by atoms with Gasteiger partial charge in [-0.25, -0.2) is 4.79 Å². The summed E-state index contributed by atoms with van der Waals surface area (Å²) in [5.74, 6) is -1.15. The number of carbonyl (C=O) groups is 3. The van der Waals surface area contributed by atoms with Crippen LogP contribution in [0.15, 0.2) is 0 Å². The van der Waals surface area contributed by atoms with Crippen molar-refractivity contribution in [2.24, 2.45) is 5.41 Å². The fourth-order valence-corrected chi connectivity index (χ4v) is 1.28. The number of nitrogens with zero attached hydrogens (tertiary/aromatic N) is 1. The van der Waals surface area contributed by atoms with Crippen molar-refractivity contribution < 1.29 is 19.5 Å². The summed E-state index contributed by atoms with van der Waals surface area (Å²) >= 11 is 0. The number of carbonyl (C=O) groups excluding carboxylic acids is 2. The van der Waals surface area contributed by atoms with E-state index in [-0.39, 0.29) is 18.9 Å². The van der Waals surface area contributed by atoms with E-state index in [1.807, 2.05) is 0 Å². The second-order valence-electron chi connectivity index (χ2n) is 5.83. The van der Waals surface area contributed by atoms with E-state index in [9.17, 15) is 19.5 Å². The van der Waals surface area contributed by atoms with Crippen LogP contribution in [0.4, 0.5) is 4.79 Å². The van der Waals surface area contributed by atoms with E-state index in [1.54, 1.807) is 34.7 Å². The molecular formula is C13H25N3O4. The predicted octanol–water partition coefficient (Wildman–Crippen LogP) is 0.653. The van der Waals surface area contributed by atoms with E-state index >= 15 is 0 Å². The Bertz CT molecular complexity index is 391. The fraction of sp³-hybridized carbons (Fsp3) is 0.769. The minimum absolute atomic E-state index is 0.158. The minimum Gasteiger partial charge on any atom is -0.481 e. The van der Waals surface area contributed by atoms with Gasteiger partial charge in [0.2, 0.25) is 5.91 Å². The topological polar surface area (TPSA) is 98.7 Å². The first-order chi connectivity index (χ1) is 8.95. The molecule has 0 fully saturated rings. The van der Waals surface area contributed by atoms with Crippen molar-refractivity contribution in [3.8, 4) is 0 Å². The van der Waals surface area contributed by atoms with Crippen LogP contribution in [0.5, 0.6) is 0 Å². The molecule has 3 N–H and O–H groups in total. The molecule has 0 saturated carbocycles. The van der Waals surface area contributed by atoms with Crippen LogP contribution in [0.2, 0.25) is 0 Å². The number of rotatable bonds is 6. The number of urea groups is 1. The minimum atomic E-state index is -1.12. The molecule has 0 aromatic rings. The summed E-state index contributed by atoms with van der Waals surface area (Å²) in [4.78, 5) is 35.8. The van der Waals surface area contributed by atoms with E-state index < -0.39 is 23.0 Å². The van der Waals surface area contributed by atoms with Crippen LogP contribution in [0, 0.1) is 5.41 Å². The molecule has 0 aliphatic heterocycles. The Morgan fingerprint density at radius 2 is 1.65 bits per heavy atom. The predicted molar refractivity (Wildman–Crippen MR) is 75.3 cm³/mol. The van der Waals surface area contributed by atoms with Crippen LogP contribution in [-0.4, -0.2) is 54.1 Å². The maximum atomic E-state index is 12.0. The number of hydrogen-bond donors (Lipinski definition) is 3. The smallest absolute Gasteiger partial charge is 0.317 e. The lowest BCUT2D eigenvalue weighted by molar-refractivity contribution is -0.150. The SMILES string of the molecule is CNC(=O)CCN(C)C(=O)NC(C)(C)C(C)(C)C(=O)O. The molecule has 20 heavy (non-hydrogen) atoms. The van der Waals surface area contributed by atoms with Crippen molar-refractivity contribution in [3.05, 3.63) is 0 Å².